The maximum atomic E-state index is 15.7. The number of nitrogens with zero attached hydrogens (tertiary/aromatic N) is 2. The molecule has 1 aromatic heterocycles. The summed E-state index contributed by atoms with van der Waals surface area (Å²) < 4.78 is 129. The minimum absolute atomic E-state index is 0.290. The summed E-state index contributed by atoms with van der Waals surface area (Å²) in [5.74, 6) is -6.77. The summed E-state index contributed by atoms with van der Waals surface area (Å²) in [5, 5.41) is 0. The Bertz CT molecular complexity index is 1170. The van der Waals surface area contributed by atoms with Gasteiger partial charge in [0.2, 0.25) is 0 Å². The van der Waals surface area contributed by atoms with E-state index in [9.17, 15) is 44.7 Å². The summed E-state index contributed by atoms with van der Waals surface area (Å²) in [4.78, 5) is 28.1. The number of fused-ring (bicyclic) bond motifs is 1. The van der Waals surface area contributed by atoms with Gasteiger partial charge in [0.25, 0.3) is 12.0 Å². The van der Waals surface area contributed by atoms with Crippen molar-refractivity contribution >= 4 is 5.57 Å². The number of hydrogen-bond acceptors (Lipinski definition) is 5. The number of aromatic amines is 1. The number of allylic oxidation sites excluding steroid dienone is 1. The molecule has 2 fully saturated rings. The number of nitrogens with one attached hydrogen (secondary N) is 1. The highest BCUT2D eigenvalue weighted by Crippen LogP contribution is 2.48. The molecule has 208 valence electrons. The molecule has 37 heavy (non-hydrogen) atoms. The van der Waals surface area contributed by atoms with Crippen molar-refractivity contribution in [1.29, 1.82) is 0 Å². The molecule has 4 unspecified atom stereocenters. The van der Waals surface area contributed by atoms with E-state index in [1.165, 1.54) is 0 Å². The van der Waals surface area contributed by atoms with Gasteiger partial charge in [-0.2, -0.15) is 26.3 Å². The average Bonchev–Trinajstić information content (AvgIpc) is 3.46. The van der Waals surface area contributed by atoms with Crippen LogP contribution in [0.5, 0.6) is 0 Å². The second-order valence-electron chi connectivity index (χ2n) is 9.47. The van der Waals surface area contributed by atoms with Gasteiger partial charge in [-0.05, 0) is 31.7 Å². The predicted molar refractivity (Wildman–Crippen MR) is 110 cm³/mol. The Balaban J connectivity index is 1.77. The Morgan fingerprint density at radius 1 is 1.05 bits per heavy atom. The number of nitrogens with two attached hydrogens (primary N) is 1. The highest BCUT2D eigenvalue weighted by molar-refractivity contribution is 5.74. The van der Waals surface area contributed by atoms with Crippen molar-refractivity contribution in [3.8, 4) is 0 Å². The molecule has 1 saturated heterocycles. The highest BCUT2D eigenvalue weighted by atomic mass is 19.4. The predicted octanol–water partition coefficient (Wildman–Crippen LogP) is 3.28. The first kappa shape index (κ1) is 27.7. The number of alkyl halides is 8. The summed E-state index contributed by atoms with van der Waals surface area (Å²) in [7, 11) is 1.06. The molecule has 0 bridgehead atoms. The lowest BCUT2D eigenvalue weighted by atomic mass is 9.86. The van der Waals surface area contributed by atoms with Gasteiger partial charge in [-0.25, -0.2) is 18.0 Å². The lowest BCUT2D eigenvalue weighted by molar-refractivity contribution is -0.292. The van der Waals surface area contributed by atoms with Crippen molar-refractivity contribution in [3.63, 3.8) is 0 Å². The smallest absolute Gasteiger partial charge is 0.373 e. The van der Waals surface area contributed by atoms with Crippen molar-refractivity contribution in [3.05, 3.63) is 37.9 Å². The molecular weight excluding hydrogens is 527 g/mol. The number of rotatable bonds is 6. The van der Waals surface area contributed by atoms with Crippen LogP contribution in [0.4, 0.5) is 39.5 Å². The van der Waals surface area contributed by atoms with E-state index in [4.69, 9.17) is 10.5 Å². The van der Waals surface area contributed by atoms with Gasteiger partial charge in [0.05, 0.1) is 22.9 Å². The van der Waals surface area contributed by atoms with Crippen LogP contribution in [0.1, 0.15) is 42.7 Å². The summed E-state index contributed by atoms with van der Waals surface area (Å²) in [6, 6.07) is -4.65. The second kappa shape index (κ2) is 9.45. The maximum absolute atomic E-state index is 15.7. The fraction of sp³-hybridized carbons (Fsp3) is 0.714. The molecule has 1 aromatic rings. The van der Waals surface area contributed by atoms with Crippen LogP contribution in [-0.2, 0) is 4.74 Å². The Hall–Kier alpha value is -2.33. The van der Waals surface area contributed by atoms with Crippen LogP contribution in [0.25, 0.3) is 5.57 Å². The monoisotopic (exact) mass is 550 g/mol. The largest absolute Gasteiger partial charge is 0.402 e. The van der Waals surface area contributed by atoms with Gasteiger partial charge in [-0.1, -0.05) is 0 Å². The van der Waals surface area contributed by atoms with Crippen molar-refractivity contribution < 1.29 is 44.3 Å². The minimum Gasteiger partial charge on any atom is -0.373 e. The van der Waals surface area contributed by atoms with E-state index >= 15 is 4.39 Å². The quantitative estimate of drug-likeness (QED) is 0.531. The molecule has 0 amide bonds. The second-order valence-corrected chi connectivity index (χ2v) is 9.47. The third-order valence-corrected chi connectivity index (χ3v) is 7.19. The van der Waals surface area contributed by atoms with Crippen LogP contribution in [0.2, 0.25) is 0 Å². The first-order chi connectivity index (χ1) is 17.1. The zero-order valence-corrected chi connectivity index (χ0v) is 19.2. The molecule has 1 aliphatic heterocycles. The fourth-order valence-corrected chi connectivity index (χ4v) is 5.44. The van der Waals surface area contributed by atoms with Crippen molar-refractivity contribution in [2.45, 2.75) is 62.3 Å². The van der Waals surface area contributed by atoms with E-state index in [0.29, 0.717) is 12.8 Å². The Labute approximate surface area is 203 Å². The Morgan fingerprint density at radius 3 is 2.14 bits per heavy atom. The molecule has 3 aliphatic rings. The van der Waals surface area contributed by atoms with Gasteiger partial charge < -0.3 is 10.5 Å². The number of H-pyrrole nitrogens is 1. The van der Waals surface area contributed by atoms with Crippen LogP contribution in [0.3, 0.4) is 0 Å². The molecule has 4 atom stereocenters. The number of aromatic nitrogens is 2. The summed E-state index contributed by atoms with van der Waals surface area (Å²) >= 11 is 0. The van der Waals surface area contributed by atoms with E-state index in [1.54, 1.807) is 0 Å². The molecule has 2 heterocycles. The van der Waals surface area contributed by atoms with E-state index in [0.717, 1.165) is 16.6 Å². The zero-order valence-electron chi connectivity index (χ0n) is 19.2. The fourth-order valence-electron chi connectivity index (χ4n) is 5.44. The van der Waals surface area contributed by atoms with Gasteiger partial charge in [-0.15, -0.1) is 0 Å². The van der Waals surface area contributed by atoms with Crippen LogP contribution >= 0.6 is 0 Å². The maximum Gasteiger partial charge on any atom is 0.402 e. The number of methoxy groups -OCH3 is 1. The SMILES string of the molecule is COC1c2c(c(=O)[nH]c(=O)n2C2CC2)C(C(F)F)=C(F)C1N1CCC(C(N)C(C(F)(F)F)C(F)(F)F)C1. The van der Waals surface area contributed by atoms with Crippen LogP contribution in [-0.4, -0.2) is 65.5 Å². The molecule has 0 aromatic carbocycles. The van der Waals surface area contributed by atoms with E-state index in [2.05, 4.69) is 0 Å². The van der Waals surface area contributed by atoms with Gasteiger partial charge in [0, 0.05) is 25.7 Å². The third-order valence-electron chi connectivity index (χ3n) is 7.19. The molecule has 16 heteroatoms. The molecule has 4 rings (SSSR count). The summed E-state index contributed by atoms with van der Waals surface area (Å²) in [5.41, 5.74) is 0.860. The van der Waals surface area contributed by atoms with Gasteiger partial charge in [0.15, 0.2) is 5.92 Å². The zero-order chi connectivity index (χ0) is 27.6. The average molecular weight is 550 g/mol. The first-order valence-corrected chi connectivity index (χ1v) is 11.3. The van der Waals surface area contributed by atoms with Crippen molar-refractivity contribution in [2.24, 2.45) is 17.6 Å². The number of hydrogen-bond donors (Lipinski definition) is 2. The lowest BCUT2D eigenvalue weighted by Crippen LogP contribution is -2.53. The molecule has 7 nitrogen and oxygen atoms in total. The van der Waals surface area contributed by atoms with Gasteiger partial charge >= 0.3 is 18.0 Å². The van der Waals surface area contributed by atoms with Crippen LogP contribution in [0.15, 0.2) is 15.4 Å². The molecular formula is C21H23F9N4O3. The van der Waals surface area contributed by atoms with Gasteiger partial charge in [-0.3, -0.25) is 19.2 Å². The molecule has 2 aliphatic carbocycles. The normalized spacial score (nSPS) is 26.4. The highest BCUT2D eigenvalue weighted by Gasteiger charge is 2.61. The summed E-state index contributed by atoms with van der Waals surface area (Å²) in [6.45, 7) is -0.883. The van der Waals surface area contributed by atoms with Gasteiger partial charge in [0.1, 0.15) is 11.9 Å². The van der Waals surface area contributed by atoms with E-state index in [-0.39, 0.29) is 18.7 Å². The third kappa shape index (κ3) is 4.82. The molecule has 0 spiro atoms. The Kier molecular flexibility index (Phi) is 7.07. The Morgan fingerprint density at radius 2 is 1.65 bits per heavy atom. The van der Waals surface area contributed by atoms with Crippen LogP contribution < -0.4 is 17.0 Å². The topological polar surface area (TPSA) is 93.3 Å². The van der Waals surface area contributed by atoms with E-state index < -0.39 is 89.6 Å². The molecule has 3 N–H and O–H groups in total. The van der Waals surface area contributed by atoms with E-state index in [1.807, 2.05) is 4.98 Å². The number of ether oxygens (including phenoxy) is 1. The summed E-state index contributed by atoms with van der Waals surface area (Å²) in [6.07, 6.45) is -15.8. The first-order valence-electron chi connectivity index (χ1n) is 11.3. The van der Waals surface area contributed by atoms with Crippen molar-refractivity contribution in [1.82, 2.24) is 14.5 Å². The standard InChI is InChI=1S/C21H23F9N4O3/c1-37-15-13-10(18(35)32-19(36)34(13)8-2-3-8)9(17(23)24)11(22)14(15)33-5-4-7(6-33)12(31)16(20(25,26)27)21(28,29)30/h7-8,12,14-17H,2-6,31H2,1H3,(H,32,35,36). The molecule has 1 saturated carbocycles. The lowest BCUT2D eigenvalue weighted by Gasteiger charge is -2.39. The number of likely N-dealkylation sites (tertiary alicyclic amines) is 1. The molecule has 0 radical (unpaired) electrons. The number of halogens is 9. The minimum atomic E-state index is -5.70. The van der Waals surface area contributed by atoms with Crippen molar-refractivity contribution in [2.75, 3.05) is 20.2 Å². The van der Waals surface area contributed by atoms with Crippen LogP contribution in [0, 0.1) is 11.8 Å².